The molecule has 0 bridgehead atoms. The summed E-state index contributed by atoms with van der Waals surface area (Å²) in [7, 11) is 0. The van der Waals surface area contributed by atoms with E-state index in [9.17, 15) is 4.79 Å². The molecule has 6 nitrogen and oxygen atoms in total. The molecule has 0 atom stereocenters. The van der Waals surface area contributed by atoms with Gasteiger partial charge in [0.25, 0.3) is 5.91 Å². The molecule has 27 heavy (non-hydrogen) atoms. The third-order valence-electron chi connectivity index (χ3n) is 5.35. The Balaban J connectivity index is 1.32. The number of nitrogens with one attached hydrogen (secondary N) is 2. The first-order valence-electron chi connectivity index (χ1n) is 9.62. The van der Waals surface area contributed by atoms with Crippen LogP contribution in [0.3, 0.4) is 0 Å². The third kappa shape index (κ3) is 3.94. The molecule has 0 saturated carbocycles. The number of anilines is 1. The van der Waals surface area contributed by atoms with Gasteiger partial charge in [-0.3, -0.25) is 4.79 Å². The Morgan fingerprint density at radius 3 is 2.78 bits per heavy atom. The maximum absolute atomic E-state index is 12.3. The second-order valence-corrected chi connectivity index (χ2v) is 7.31. The first-order chi connectivity index (χ1) is 13.2. The van der Waals surface area contributed by atoms with Crippen LogP contribution in [0, 0.1) is 5.92 Å². The molecule has 0 spiro atoms. The minimum atomic E-state index is -0.179. The normalized spacial score (nSPS) is 15.2. The third-order valence-corrected chi connectivity index (χ3v) is 5.35. The summed E-state index contributed by atoms with van der Waals surface area (Å²) in [6.07, 6.45) is 5.13. The fourth-order valence-electron chi connectivity index (χ4n) is 3.59. The van der Waals surface area contributed by atoms with Gasteiger partial charge in [-0.15, -0.1) is 10.2 Å². The molecule has 1 amide bonds. The summed E-state index contributed by atoms with van der Waals surface area (Å²) < 4.78 is 0. The van der Waals surface area contributed by atoms with Crippen LogP contribution in [0.2, 0.25) is 0 Å². The zero-order valence-corrected chi connectivity index (χ0v) is 15.6. The van der Waals surface area contributed by atoms with Crippen LogP contribution < -0.4 is 10.2 Å². The van der Waals surface area contributed by atoms with E-state index in [-0.39, 0.29) is 5.91 Å². The molecule has 6 heteroatoms. The second kappa shape index (κ2) is 7.78. The highest BCUT2D eigenvalue weighted by atomic mass is 16.1. The van der Waals surface area contributed by atoms with E-state index in [0.717, 1.165) is 36.8 Å². The number of para-hydroxylation sites is 1. The lowest BCUT2D eigenvalue weighted by atomic mass is 9.99. The van der Waals surface area contributed by atoms with Crippen LogP contribution in [0.5, 0.6) is 0 Å². The van der Waals surface area contributed by atoms with Crippen molar-refractivity contribution in [2.75, 3.05) is 24.5 Å². The van der Waals surface area contributed by atoms with Crippen molar-refractivity contribution in [3.05, 3.63) is 53.9 Å². The summed E-state index contributed by atoms with van der Waals surface area (Å²) >= 11 is 0. The first-order valence-corrected chi connectivity index (χ1v) is 9.62. The van der Waals surface area contributed by atoms with Crippen LogP contribution in [0.1, 0.15) is 35.8 Å². The van der Waals surface area contributed by atoms with Gasteiger partial charge in [0.05, 0.1) is 0 Å². The number of hydrogen-bond donors (Lipinski definition) is 2. The maximum atomic E-state index is 12.3. The number of nitrogens with zero attached hydrogens (tertiary/aromatic N) is 3. The quantitative estimate of drug-likeness (QED) is 0.730. The zero-order valence-electron chi connectivity index (χ0n) is 15.6. The predicted octanol–water partition coefficient (Wildman–Crippen LogP) is 3.17. The van der Waals surface area contributed by atoms with E-state index in [1.165, 1.54) is 23.8 Å². The number of benzene rings is 1. The zero-order chi connectivity index (χ0) is 18.6. The lowest BCUT2D eigenvalue weighted by molar-refractivity contribution is 0.0948. The number of H-pyrrole nitrogens is 1. The molecular weight excluding hydrogens is 338 g/mol. The van der Waals surface area contributed by atoms with Gasteiger partial charge in [0.2, 0.25) is 0 Å². The number of hydrogen-bond acceptors (Lipinski definition) is 4. The van der Waals surface area contributed by atoms with Gasteiger partial charge < -0.3 is 15.2 Å². The minimum Gasteiger partial charge on any atom is -0.361 e. The second-order valence-electron chi connectivity index (χ2n) is 7.31. The average Bonchev–Trinajstić information content (AvgIpc) is 3.12. The van der Waals surface area contributed by atoms with Gasteiger partial charge in [-0.25, -0.2) is 0 Å². The molecule has 140 valence electrons. The van der Waals surface area contributed by atoms with E-state index in [4.69, 9.17) is 0 Å². The molecule has 1 aromatic carbocycles. The summed E-state index contributed by atoms with van der Waals surface area (Å²) in [4.78, 5) is 17.8. The summed E-state index contributed by atoms with van der Waals surface area (Å²) in [5.74, 6) is 1.45. The van der Waals surface area contributed by atoms with Gasteiger partial charge in [0.1, 0.15) is 0 Å². The number of aromatic nitrogens is 3. The molecule has 1 aliphatic heterocycles. The van der Waals surface area contributed by atoms with E-state index in [2.05, 4.69) is 44.5 Å². The van der Waals surface area contributed by atoms with Crippen molar-refractivity contribution in [2.24, 2.45) is 5.92 Å². The predicted molar refractivity (Wildman–Crippen MR) is 107 cm³/mol. The highest BCUT2D eigenvalue weighted by Gasteiger charge is 2.18. The molecule has 0 unspecified atom stereocenters. The first kappa shape index (κ1) is 17.5. The Bertz CT molecular complexity index is 910. The van der Waals surface area contributed by atoms with Crippen LogP contribution in [0.4, 0.5) is 5.82 Å². The Kier molecular flexibility index (Phi) is 5.05. The van der Waals surface area contributed by atoms with Crippen LogP contribution in [-0.4, -0.2) is 40.7 Å². The summed E-state index contributed by atoms with van der Waals surface area (Å²) in [6, 6.07) is 11.8. The van der Waals surface area contributed by atoms with E-state index < -0.39 is 0 Å². The Hall–Kier alpha value is -2.89. The molecule has 1 saturated heterocycles. The Labute approximate surface area is 159 Å². The van der Waals surface area contributed by atoms with Crippen molar-refractivity contribution in [3.63, 3.8) is 0 Å². The fourth-order valence-corrected chi connectivity index (χ4v) is 3.59. The van der Waals surface area contributed by atoms with Crippen molar-refractivity contribution < 1.29 is 4.79 Å². The van der Waals surface area contributed by atoms with Crippen molar-refractivity contribution in [2.45, 2.75) is 26.2 Å². The molecule has 0 aliphatic carbocycles. The number of amides is 1. The van der Waals surface area contributed by atoms with Crippen LogP contribution in [0.15, 0.2) is 42.6 Å². The van der Waals surface area contributed by atoms with Crippen LogP contribution in [0.25, 0.3) is 10.9 Å². The molecule has 0 radical (unpaired) electrons. The average molecular weight is 363 g/mol. The summed E-state index contributed by atoms with van der Waals surface area (Å²) in [6.45, 7) is 4.86. The lowest BCUT2D eigenvalue weighted by Crippen LogP contribution is -2.34. The number of carbonyl (C=O) groups excluding carboxylic acids is 1. The SMILES string of the molecule is CC1CCN(c2ccc(C(=O)NCCc3c[nH]c4ccccc34)nn2)CC1. The van der Waals surface area contributed by atoms with Crippen molar-refractivity contribution >= 4 is 22.6 Å². The Morgan fingerprint density at radius 2 is 2.00 bits per heavy atom. The summed E-state index contributed by atoms with van der Waals surface area (Å²) in [5, 5.41) is 12.5. The molecular formula is C21H25N5O. The van der Waals surface area contributed by atoms with E-state index in [1.54, 1.807) is 6.07 Å². The van der Waals surface area contributed by atoms with Crippen molar-refractivity contribution in [3.8, 4) is 0 Å². The van der Waals surface area contributed by atoms with Gasteiger partial charge in [-0.05, 0) is 48.9 Å². The number of rotatable bonds is 5. The lowest BCUT2D eigenvalue weighted by Gasteiger charge is -2.30. The van der Waals surface area contributed by atoms with E-state index >= 15 is 0 Å². The van der Waals surface area contributed by atoms with Gasteiger partial charge in [-0.1, -0.05) is 25.1 Å². The molecule has 3 aromatic rings. The van der Waals surface area contributed by atoms with Gasteiger partial charge >= 0.3 is 0 Å². The molecule has 2 N–H and O–H groups in total. The number of piperidine rings is 1. The van der Waals surface area contributed by atoms with Crippen molar-refractivity contribution in [1.29, 1.82) is 0 Å². The molecule has 2 aromatic heterocycles. The molecule has 1 fully saturated rings. The number of fused-ring (bicyclic) bond motifs is 1. The minimum absolute atomic E-state index is 0.179. The fraction of sp³-hybridized carbons (Fsp3) is 0.381. The largest absolute Gasteiger partial charge is 0.361 e. The smallest absolute Gasteiger partial charge is 0.271 e. The van der Waals surface area contributed by atoms with E-state index in [1.807, 2.05) is 24.4 Å². The maximum Gasteiger partial charge on any atom is 0.271 e. The molecule has 3 heterocycles. The van der Waals surface area contributed by atoms with Crippen molar-refractivity contribution in [1.82, 2.24) is 20.5 Å². The van der Waals surface area contributed by atoms with Gasteiger partial charge in [0.15, 0.2) is 11.5 Å². The van der Waals surface area contributed by atoms with Crippen LogP contribution >= 0.6 is 0 Å². The number of aromatic amines is 1. The standard InChI is InChI=1S/C21H25N5O/c1-15-9-12-26(13-10-15)20-7-6-19(24-25-20)21(27)22-11-8-16-14-23-18-5-3-2-4-17(16)18/h2-7,14-15,23H,8-13H2,1H3,(H,22,27). The molecule has 1 aliphatic rings. The molecule has 4 rings (SSSR count). The highest BCUT2D eigenvalue weighted by Crippen LogP contribution is 2.21. The number of carbonyl (C=O) groups is 1. The summed E-state index contributed by atoms with van der Waals surface area (Å²) in [5.41, 5.74) is 2.68. The Morgan fingerprint density at radius 1 is 1.19 bits per heavy atom. The van der Waals surface area contributed by atoms with Crippen LogP contribution in [-0.2, 0) is 6.42 Å². The topological polar surface area (TPSA) is 73.9 Å². The van der Waals surface area contributed by atoms with E-state index in [0.29, 0.717) is 12.2 Å². The van der Waals surface area contributed by atoms with Gasteiger partial charge in [0, 0.05) is 36.7 Å². The highest BCUT2D eigenvalue weighted by molar-refractivity contribution is 5.92. The van der Waals surface area contributed by atoms with Gasteiger partial charge in [-0.2, -0.15) is 0 Å². The monoisotopic (exact) mass is 363 g/mol.